The van der Waals surface area contributed by atoms with Crippen LogP contribution in [-0.2, 0) is 0 Å². The summed E-state index contributed by atoms with van der Waals surface area (Å²) in [6.45, 7) is 2.02. The Morgan fingerprint density at radius 3 is 2.53 bits per heavy atom. The number of hydrogen-bond donors (Lipinski definition) is 1. The molecule has 19 heavy (non-hydrogen) atoms. The van der Waals surface area contributed by atoms with E-state index in [2.05, 4.69) is 5.32 Å². The molecular formula is C13H12Cl3NOS. The van der Waals surface area contributed by atoms with Gasteiger partial charge in [-0.2, -0.15) is 0 Å². The number of nitrogens with one attached hydrogen (secondary N) is 1. The number of thiophene rings is 1. The van der Waals surface area contributed by atoms with Crippen LogP contribution in [0.5, 0.6) is 5.75 Å². The Morgan fingerprint density at radius 2 is 1.95 bits per heavy atom. The molecule has 0 aliphatic rings. The van der Waals surface area contributed by atoms with Gasteiger partial charge in [0.2, 0.25) is 0 Å². The minimum Gasteiger partial charge on any atom is -0.495 e. The first-order valence-electron chi connectivity index (χ1n) is 5.56. The molecule has 0 aliphatic carbocycles. The number of rotatable bonds is 4. The maximum atomic E-state index is 6.14. The Balaban J connectivity index is 2.19. The molecule has 6 heteroatoms. The second kappa shape index (κ2) is 6.23. The minimum absolute atomic E-state index is 0.0436. The van der Waals surface area contributed by atoms with E-state index < -0.39 is 0 Å². The highest BCUT2D eigenvalue weighted by Crippen LogP contribution is 2.36. The highest BCUT2D eigenvalue weighted by Gasteiger charge is 2.13. The van der Waals surface area contributed by atoms with Crippen molar-refractivity contribution < 1.29 is 4.74 Å². The van der Waals surface area contributed by atoms with Crippen LogP contribution in [0, 0.1) is 0 Å². The van der Waals surface area contributed by atoms with Gasteiger partial charge in [0.15, 0.2) is 0 Å². The Labute approximate surface area is 131 Å². The van der Waals surface area contributed by atoms with E-state index in [0.717, 1.165) is 11.3 Å². The second-order valence-electron chi connectivity index (χ2n) is 3.99. The normalized spacial score (nSPS) is 12.3. The van der Waals surface area contributed by atoms with Gasteiger partial charge >= 0.3 is 0 Å². The van der Waals surface area contributed by atoms with Gasteiger partial charge in [0.05, 0.1) is 26.8 Å². The van der Waals surface area contributed by atoms with E-state index in [1.54, 1.807) is 13.2 Å². The molecule has 0 fully saturated rings. The Hall–Kier alpha value is -0.610. The average molecular weight is 337 g/mol. The van der Waals surface area contributed by atoms with Gasteiger partial charge in [-0.3, -0.25) is 0 Å². The van der Waals surface area contributed by atoms with Crippen molar-refractivity contribution in [2.45, 2.75) is 13.0 Å². The number of halogens is 3. The third-order valence-corrected chi connectivity index (χ3v) is 4.51. The summed E-state index contributed by atoms with van der Waals surface area (Å²) in [4.78, 5) is 0. The molecule has 0 saturated carbocycles. The molecule has 0 saturated heterocycles. The summed E-state index contributed by atoms with van der Waals surface area (Å²) in [5, 5.41) is 3.92. The molecule has 1 atom stereocenters. The van der Waals surface area contributed by atoms with Crippen LogP contribution >= 0.6 is 46.1 Å². The van der Waals surface area contributed by atoms with Crippen LogP contribution in [0.2, 0.25) is 13.7 Å². The van der Waals surface area contributed by atoms with Crippen LogP contribution in [0.25, 0.3) is 0 Å². The molecule has 2 aromatic rings. The molecule has 0 aliphatic heterocycles. The van der Waals surface area contributed by atoms with E-state index in [-0.39, 0.29) is 6.04 Å². The van der Waals surface area contributed by atoms with E-state index in [0.29, 0.717) is 19.4 Å². The van der Waals surface area contributed by atoms with Crippen LogP contribution in [0.3, 0.4) is 0 Å². The first kappa shape index (κ1) is 14.8. The third-order valence-electron chi connectivity index (χ3n) is 2.68. The van der Waals surface area contributed by atoms with Crippen molar-refractivity contribution in [1.29, 1.82) is 0 Å². The maximum absolute atomic E-state index is 6.14. The maximum Gasteiger partial charge on any atom is 0.139 e. The van der Waals surface area contributed by atoms with Gasteiger partial charge in [0.1, 0.15) is 5.75 Å². The average Bonchev–Trinajstić information content (AvgIpc) is 2.71. The summed E-state index contributed by atoms with van der Waals surface area (Å²) in [7, 11) is 1.59. The molecular weight excluding hydrogens is 325 g/mol. The zero-order valence-corrected chi connectivity index (χ0v) is 13.4. The quantitative estimate of drug-likeness (QED) is 0.751. The first-order chi connectivity index (χ1) is 9.01. The van der Waals surface area contributed by atoms with Crippen molar-refractivity contribution >= 4 is 51.8 Å². The smallest absolute Gasteiger partial charge is 0.139 e. The van der Waals surface area contributed by atoms with Crippen molar-refractivity contribution in [2.24, 2.45) is 0 Å². The number of methoxy groups -OCH3 is 1. The van der Waals surface area contributed by atoms with E-state index >= 15 is 0 Å². The molecule has 1 heterocycles. The van der Waals surface area contributed by atoms with Crippen molar-refractivity contribution in [2.75, 3.05) is 12.4 Å². The monoisotopic (exact) mass is 335 g/mol. The molecule has 2 nitrogen and oxygen atoms in total. The largest absolute Gasteiger partial charge is 0.495 e. The second-order valence-corrected chi connectivity index (χ2v) is 6.69. The van der Waals surface area contributed by atoms with Gasteiger partial charge in [-0.1, -0.05) is 34.8 Å². The van der Waals surface area contributed by atoms with Crippen LogP contribution < -0.4 is 10.1 Å². The topological polar surface area (TPSA) is 21.3 Å². The van der Waals surface area contributed by atoms with Gasteiger partial charge < -0.3 is 10.1 Å². The lowest BCUT2D eigenvalue weighted by atomic mass is 10.1. The molecule has 0 amide bonds. The Morgan fingerprint density at radius 1 is 1.21 bits per heavy atom. The fourth-order valence-corrected chi connectivity index (χ4v) is 3.57. The highest BCUT2D eigenvalue weighted by molar-refractivity contribution is 7.20. The standard InChI is InChI=1S/C13H12Cl3NOS/c1-7(9-6-12(15)19-13(9)16)17-8-3-4-10(14)11(5-8)18-2/h3-7,17H,1-2H3. The molecule has 2 rings (SSSR count). The number of anilines is 1. The van der Waals surface area contributed by atoms with Crippen LogP contribution in [0.15, 0.2) is 24.3 Å². The van der Waals surface area contributed by atoms with Crippen LogP contribution in [0.1, 0.15) is 18.5 Å². The van der Waals surface area contributed by atoms with Gasteiger partial charge in [0, 0.05) is 17.3 Å². The minimum atomic E-state index is 0.0436. The van der Waals surface area contributed by atoms with Gasteiger partial charge in [-0.25, -0.2) is 0 Å². The summed E-state index contributed by atoms with van der Waals surface area (Å²) >= 11 is 19.4. The molecule has 0 radical (unpaired) electrons. The fraction of sp³-hybridized carbons (Fsp3) is 0.231. The lowest BCUT2D eigenvalue weighted by Gasteiger charge is -2.15. The van der Waals surface area contributed by atoms with Crippen molar-refractivity contribution in [3.63, 3.8) is 0 Å². The summed E-state index contributed by atoms with van der Waals surface area (Å²) < 4.78 is 6.57. The zero-order valence-electron chi connectivity index (χ0n) is 10.3. The van der Waals surface area contributed by atoms with Crippen LogP contribution in [0.4, 0.5) is 5.69 Å². The van der Waals surface area contributed by atoms with Crippen molar-refractivity contribution in [3.05, 3.63) is 43.5 Å². The SMILES string of the molecule is COc1cc(NC(C)c2cc(Cl)sc2Cl)ccc1Cl. The van der Waals surface area contributed by atoms with E-state index in [4.69, 9.17) is 39.5 Å². The van der Waals surface area contributed by atoms with Crippen molar-refractivity contribution in [3.8, 4) is 5.75 Å². The molecule has 1 unspecified atom stereocenters. The van der Waals surface area contributed by atoms with Gasteiger partial charge in [-0.05, 0) is 25.1 Å². The van der Waals surface area contributed by atoms with Crippen molar-refractivity contribution in [1.82, 2.24) is 0 Å². The molecule has 0 spiro atoms. The van der Waals surface area contributed by atoms with E-state index in [1.807, 2.05) is 25.1 Å². The molecule has 1 N–H and O–H groups in total. The number of benzene rings is 1. The zero-order chi connectivity index (χ0) is 14.0. The fourth-order valence-electron chi connectivity index (χ4n) is 1.73. The molecule has 1 aromatic carbocycles. The summed E-state index contributed by atoms with van der Waals surface area (Å²) in [6.07, 6.45) is 0. The lowest BCUT2D eigenvalue weighted by molar-refractivity contribution is 0.415. The number of hydrogen-bond acceptors (Lipinski definition) is 3. The molecule has 0 bridgehead atoms. The summed E-state index contributed by atoms with van der Waals surface area (Å²) in [6, 6.07) is 7.45. The predicted octanol–water partition coefficient (Wildman–Crippen LogP) is 5.89. The third kappa shape index (κ3) is 3.48. The van der Waals surface area contributed by atoms with Gasteiger partial charge in [-0.15, -0.1) is 11.3 Å². The predicted molar refractivity (Wildman–Crippen MR) is 84.4 cm³/mol. The molecule has 102 valence electrons. The molecule has 1 aromatic heterocycles. The summed E-state index contributed by atoms with van der Waals surface area (Å²) in [5.41, 5.74) is 1.89. The van der Waals surface area contributed by atoms with Gasteiger partial charge in [0.25, 0.3) is 0 Å². The van der Waals surface area contributed by atoms with E-state index in [1.165, 1.54) is 11.3 Å². The first-order valence-corrected chi connectivity index (χ1v) is 7.51. The number of ether oxygens (including phenoxy) is 1. The lowest BCUT2D eigenvalue weighted by Crippen LogP contribution is -2.06. The van der Waals surface area contributed by atoms with E-state index in [9.17, 15) is 0 Å². The van der Waals surface area contributed by atoms with Crippen LogP contribution in [-0.4, -0.2) is 7.11 Å². The summed E-state index contributed by atoms with van der Waals surface area (Å²) in [5.74, 6) is 0.633. The Bertz CT molecular complexity index is 585. The highest BCUT2D eigenvalue weighted by atomic mass is 35.5. The Kier molecular flexibility index (Phi) is 4.85.